The number of hydrogen-bond donors (Lipinski definition) is 1. The van der Waals surface area contributed by atoms with Crippen molar-refractivity contribution in [2.45, 2.75) is 0 Å². The van der Waals surface area contributed by atoms with E-state index in [1.165, 1.54) is 0 Å². The zero-order chi connectivity index (χ0) is 13.2. The highest BCUT2D eigenvalue weighted by Gasteiger charge is 2.10. The van der Waals surface area contributed by atoms with Gasteiger partial charge in [-0.2, -0.15) is 0 Å². The fraction of sp³-hybridized carbons (Fsp3) is 0. The van der Waals surface area contributed by atoms with Gasteiger partial charge in [0, 0.05) is 22.1 Å². The summed E-state index contributed by atoms with van der Waals surface area (Å²) in [5.41, 5.74) is 1.19. The van der Waals surface area contributed by atoms with Crippen molar-refractivity contribution in [1.82, 2.24) is 9.97 Å². The molecule has 0 aliphatic heterocycles. The van der Waals surface area contributed by atoms with Crippen LogP contribution in [0, 0.1) is 0 Å². The summed E-state index contributed by atoms with van der Waals surface area (Å²) in [6.45, 7) is 0. The minimum atomic E-state index is -0.397. The average Bonchev–Trinajstić information content (AvgIpc) is 2.81. The Kier molecular flexibility index (Phi) is 3.05. The van der Waals surface area contributed by atoms with Crippen LogP contribution in [0.5, 0.6) is 5.88 Å². The van der Waals surface area contributed by atoms with Gasteiger partial charge in [-0.1, -0.05) is 18.2 Å². The lowest BCUT2D eigenvalue weighted by Crippen LogP contribution is -2.08. The Morgan fingerprint density at radius 3 is 2.79 bits per heavy atom. The lowest BCUT2D eigenvalue weighted by atomic mass is 10.2. The van der Waals surface area contributed by atoms with Gasteiger partial charge in [-0.25, -0.2) is 9.78 Å². The van der Waals surface area contributed by atoms with E-state index in [2.05, 4.69) is 25.9 Å². The van der Waals surface area contributed by atoms with Gasteiger partial charge in [-0.05, 0) is 34.1 Å². The standard InChI is InChI=1S/C14H9BrN2O2/c15-11-6-10-7-12(17-13(10)16-8-11)19-14(18)9-4-2-1-3-5-9/h1-8H,(H,16,17). The third-order valence-corrected chi connectivity index (χ3v) is 3.06. The second-order valence-corrected chi connectivity index (χ2v) is 4.90. The predicted molar refractivity (Wildman–Crippen MR) is 75.2 cm³/mol. The van der Waals surface area contributed by atoms with E-state index in [1.54, 1.807) is 36.5 Å². The molecule has 0 saturated heterocycles. The number of halogens is 1. The Balaban J connectivity index is 1.87. The Bertz CT molecular complexity index is 738. The molecule has 19 heavy (non-hydrogen) atoms. The number of hydrogen-bond acceptors (Lipinski definition) is 3. The summed E-state index contributed by atoms with van der Waals surface area (Å²) in [6, 6.07) is 12.5. The van der Waals surface area contributed by atoms with Crippen LogP contribution in [0.1, 0.15) is 10.4 Å². The molecule has 0 unspecified atom stereocenters. The minimum absolute atomic E-state index is 0.384. The molecule has 1 N–H and O–H groups in total. The number of esters is 1. The van der Waals surface area contributed by atoms with Crippen molar-refractivity contribution >= 4 is 32.9 Å². The number of fused-ring (bicyclic) bond motifs is 1. The summed E-state index contributed by atoms with van der Waals surface area (Å²) in [4.78, 5) is 19.0. The van der Waals surface area contributed by atoms with Crippen LogP contribution in [0.2, 0.25) is 0 Å². The average molecular weight is 317 g/mol. The molecular formula is C14H9BrN2O2. The van der Waals surface area contributed by atoms with Crippen molar-refractivity contribution in [1.29, 1.82) is 0 Å². The van der Waals surface area contributed by atoms with Gasteiger partial charge in [-0.15, -0.1) is 0 Å². The molecule has 2 heterocycles. The molecule has 94 valence electrons. The first-order chi connectivity index (χ1) is 9.22. The molecule has 0 bridgehead atoms. The van der Waals surface area contributed by atoms with Crippen LogP contribution in [-0.4, -0.2) is 15.9 Å². The molecule has 0 aliphatic carbocycles. The number of benzene rings is 1. The smallest absolute Gasteiger partial charge is 0.344 e. The van der Waals surface area contributed by atoms with Gasteiger partial charge in [0.25, 0.3) is 0 Å². The molecule has 3 aromatic rings. The summed E-state index contributed by atoms with van der Waals surface area (Å²) in [6.07, 6.45) is 1.68. The molecule has 0 amide bonds. The van der Waals surface area contributed by atoms with Crippen molar-refractivity contribution in [2.24, 2.45) is 0 Å². The van der Waals surface area contributed by atoms with Crippen LogP contribution in [0.4, 0.5) is 0 Å². The van der Waals surface area contributed by atoms with E-state index in [9.17, 15) is 4.79 Å². The lowest BCUT2D eigenvalue weighted by Gasteiger charge is -2.00. The van der Waals surface area contributed by atoms with Crippen LogP contribution in [-0.2, 0) is 0 Å². The molecular weight excluding hydrogens is 308 g/mol. The van der Waals surface area contributed by atoms with Gasteiger partial charge in [0.1, 0.15) is 5.65 Å². The fourth-order valence-electron chi connectivity index (χ4n) is 1.75. The summed E-state index contributed by atoms with van der Waals surface area (Å²) in [7, 11) is 0. The fourth-order valence-corrected chi connectivity index (χ4v) is 2.10. The molecule has 0 aliphatic rings. The van der Waals surface area contributed by atoms with Crippen molar-refractivity contribution in [3.05, 3.63) is 58.7 Å². The quantitative estimate of drug-likeness (QED) is 0.736. The first kappa shape index (κ1) is 11.9. The number of H-pyrrole nitrogens is 1. The van der Waals surface area contributed by atoms with Crippen molar-refractivity contribution in [3.8, 4) is 5.88 Å². The molecule has 5 heteroatoms. The largest absolute Gasteiger partial charge is 0.406 e. The number of carbonyl (C=O) groups is 1. The maximum atomic E-state index is 11.9. The lowest BCUT2D eigenvalue weighted by molar-refractivity contribution is 0.0729. The molecule has 0 saturated carbocycles. The Labute approximate surface area is 117 Å². The highest BCUT2D eigenvalue weighted by atomic mass is 79.9. The van der Waals surface area contributed by atoms with Crippen LogP contribution in [0.15, 0.2) is 53.1 Å². The monoisotopic (exact) mass is 316 g/mol. The maximum absolute atomic E-state index is 11.9. The van der Waals surface area contributed by atoms with Crippen molar-refractivity contribution < 1.29 is 9.53 Å². The molecule has 0 spiro atoms. The number of ether oxygens (including phenoxy) is 1. The topological polar surface area (TPSA) is 55.0 Å². The van der Waals surface area contributed by atoms with Gasteiger partial charge in [0.05, 0.1) is 5.56 Å². The van der Waals surface area contributed by atoms with E-state index in [4.69, 9.17) is 4.74 Å². The second kappa shape index (κ2) is 4.85. The number of rotatable bonds is 2. The molecule has 3 rings (SSSR count). The van der Waals surface area contributed by atoms with Gasteiger partial charge in [0.15, 0.2) is 0 Å². The number of carbonyl (C=O) groups excluding carboxylic acids is 1. The Morgan fingerprint density at radius 2 is 2.00 bits per heavy atom. The first-order valence-corrected chi connectivity index (χ1v) is 6.43. The molecule has 4 nitrogen and oxygen atoms in total. The maximum Gasteiger partial charge on any atom is 0.344 e. The van der Waals surface area contributed by atoms with Crippen molar-refractivity contribution in [3.63, 3.8) is 0 Å². The predicted octanol–water partition coefficient (Wildman–Crippen LogP) is 3.54. The summed E-state index contributed by atoms with van der Waals surface area (Å²) >= 11 is 3.35. The highest BCUT2D eigenvalue weighted by Crippen LogP contribution is 2.22. The van der Waals surface area contributed by atoms with E-state index in [0.717, 1.165) is 9.86 Å². The number of aromatic nitrogens is 2. The van der Waals surface area contributed by atoms with Crippen LogP contribution < -0.4 is 4.74 Å². The van der Waals surface area contributed by atoms with Gasteiger partial charge in [0.2, 0.25) is 5.88 Å². The van der Waals surface area contributed by atoms with Gasteiger partial charge >= 0.3 is 5.97 Å². The third kappa shape index (κ3) is 2.51. The van der Waals surface area contributed by atoms with Crippen LogP contribution in [0.3, 0.4) is 0 Å². The number of aromatic amines is 1. The molecule has 0 radical (unpaired) electrons. The summed E-state index contributed by atoms with van der Waals surface area (Å²) in [5, 5.41) is 0.880. The minimum Gasteiger partial charge on any atom is -0.406 e. The Hall–Kier alpha value is -2.14. The molecule has 1 aromatic carbocycles. The van der Waals surface area contributed by atoms with E-state index in [1.807, 2.05) is 12.1 Å². The zero-order valence-electron chi connectivity index (χ0n) is 9.76. The summed E-state index contributed by atoms with van der Waals surface area (Å²) in [5.74, 6) is -0.0133. The van der Waals surface area contributed by atoms with E-state index in [0.29, 0.717) is 17.1 Å². The molecule has 0 fully saturated rings. The second-order valence-electron chi connectivity index (χ2n) is 3.98. The normalized spacial score (nSPS) is 10.6. The number of nitrogens with zero attached hydrogens (tertiary/aromatic N) is 1. The summed E-state index contributed by atoms with van der Waals surface area (Å²) < 4.78 is 6.15. The first-order valence-electron chi connectivity index (χ1n) is 5.64. The molecule has 2 aromatic heterocycles. The number of pyridine rings is 1. The third-order valence-electron chi connectivity index (χ3n) is 2.62. The van der Waals surface area contributed by atoms with Gasteiger partial charge < -0.3 is 9.72 Å². The zero-order valence-corrected chi connectivity index (χ0v) is 11.3. The van der Waals surface area contributed by atoms with E-state index >= 15 is 0 Å². The van der Waals surface area contributed by atoms with Crippen LogP contribution >= 0.6 is 15.9 Å². The highest BCUT2D eigenvalue weighted by molar-refractivity contribution is 9.10. The van der Waals surface area contributed by atoms with Crippen molar-refractivity contribution in [2.75, 3.05) is 0 Å². The van der Waals surface area contributed by atoms with E-state index < -0.39 is 5.97 Å². The Morgan fingerprint density at radius 1 is 1.21 bits per heavy atom. The van der Waals surface area contributed by atoms with E-state index in [-0.39, 0.29) is 0 Å². The number of nitrogens with one attached hydrogen (secondary N) is 1. The van der Waals surface area contributed by atoms with Crippen LogP contribution in [0.25, 0.3) is 11.0 Å². The van der Waals surface area contributed by atoms with Gasteiger partial charge in [-0.3, -0.25) is 0 Å². The molecule has 0 atom stereocenters. The SMILES string of the molecule is O=C(Oc1cc2cc(Br)cnc2[nH]1)c1ccccc1.